The minimum atomic E-state index is -0.514. The Morgan fingerprint density at radius 2 is 1.95 bits per heavy atom. The second-order valence-electron chi connectivity index (χ2n) is 5.50. The molecular formula is C15H20N4O3. The van der Waals surface area contributed by atoms with E-state index in [0.717, 1.165) is 11.0 Å². The summed E-state index contributed by atoms with van der Waals surface area (Å²) in [4.78, 5) is 41.1. The lowest BCUT2D eigenvalue weighted by Gasteiger charge is -2.14. The third-order valence-corrected chi connectivity index (χ3v) is 3.77. The molecule has 0 saturated heterocycles. The highest BCUT2D eigenvalue weighted by Gasteiger charge is 2.19. The zero-order chi connectivity index (χ0) is 16.6. The molecule has 0 saturated carbocycles. The van der Waals surface area contributed by atoms with Gasteiger partial charge in [0.25, 0.3) is 11.5 Å². The summed E-state index contributed by atoms with van der Waals surface area (Å²) in [5.74, 6) is -0.333. The molecule has 0 unspecified atom stereocenters. The number of nitrogens with one attached hydrogen (secondary N) is 1. The Bertz CT molecular complexity index is 864. The van der Waals surface area contributed by atoms with E-state index in [1.165, 1.54) is 18.7 Å². The molecule has 118 valence electrons. The molecule has 1 N–H and O–H groups in total. The first kappa shape index (κ1) is 15.9. The van der Waals surface area contributed by atoms with Crippen molar-refractivity contribution in [1.29, 1.82) is 0 Å². The Kier molecular flexibility index (Phi) is 4.16. The van der Waals surface area contributed by atoms with Crippen LogP contribution in [-0.2, 0) is 14.1 Å². The highest BCUT2D eigenvalue weighted by molar-refractivity contribution is 6.05. The van der Waals surface area contributed by atoms with Crippen molar-refractivity contribution < 1.29 is 4.79 Å². The molecule has 0 aliphatic rings. The lowest BCUT2D eigenvalue weighted by Crippen LogP contribution is -2.39. The predicted molar refractivity (Wildman–Crippen MR) is 84.2 cm³/mol. The molecule has 0 aliphatic carbocycles. The van der Waals surface area contributed by atoms with E-state index in [1.807, 2.05) is 13.8 Å². The maximum absolute atomic E-state index is 12.5. The van der Waals surface area contributed by atoms with Crippen LogP contribution in [0, 0.1) is 6.92 Å². The van der Waals surface area contributed by atoms with Crippen molar-refractivity contribution in [2.24, 2.45) is 14.1 Å². The van der Waals surface area contributed by atoms with Gasteiger partial charge in [-0.15, -0.1) is 0 Å². The number of aromatic nitrogens is 3. The summed E-state index contributed by atoms with van der Waals surface area (Å²) in [6, 6.07) is 1.57. The molecule has 1 amide bonds. The van der Waals surface area contributed by atoms with Gasteiger partial charge in [-0.05, 0) is 26.3 Å². The average Bonchev–Trinajstić information content (AvgIpc) is 2.49. The fourth-order valence-corrected chi connectivity index (χ4v) is 2.26. The molecule has 0 aliphatic heterocycles. The normalized spacial score (nSPS) is 12.4. The van der Waals surface area contributed by atoms with Crippen LogP contribution in [0.3, 0.4) is 0 Å². The van der Waals surface area contributed by atoms with Crippen LogP contribution in [0.25, 0.3) is 11.0 Å². The molecule has 2 rings (SSSR count). The second kappa shape index (κ2) is 5.75. The molecule has 0 radical (unpaired) electrons. The summed E-state index contributed by atoms with van der Waals surface area (Å²) in [5, 5.41) is 3.01. The number of pyridine rings is 1. The number of amides is 1. The van der Waals surface area contributed by atoms with E-state index in [-0.39, 0.29) is 28.5 Å². The molecule has 2 aromatic heterocycles. The van der Waals surface area contributed by atoms with E-state index in [2.05, 4.69) is 10.3 Å². The topological polar surface area (TPSA) is 86.0 Å². The molecular weight excluding hydrogens is 284 g/mol. The Balaban J connectivity index is 2.83. The molecule has 0 bridgehead atoms. The molecule has 0 spiro atoms. The molecule has 0 aromatic carbocycles. The van der Waals surface area contributed by atoms with Crippen LogP contribution in [0.2, 0.25) is 0 Å². The van der Waals surface area contributed by atoms with E-state index >= 15 is 0 Å². The number of carbonyl (C=O) groups excluding carboxylic acids is 1. The van der Waals surface area contributed by atoms with Gasteiger partial charge >= 0.3 is 5.69 Å². The second-order valence-corrected chi connectivity index (χ2v) is 5.50. The molecule has 22 heavy (non-hydrogen) atoms. The molecule has 0 fully saturated rings. The Hall–Kier alpha value is -2.44. The number of fused-ring (bicyclic) bond motifs is 1. The summed E-state index contributed by atoms with van der Waals surface area (Å²) in [7, 11) is 2.92. The zero-order valence-electron chi connectivity index (χ0n) is 13.4. The fraction of sp³-hybridized carbons (Fsp3) is 0.467. The van der Waals surface area contributed by atoms with Crippen LogP contribution < -0.4 is 16.6 Å². The molecule has 7 heteroatoms. The average molecular weight is 304 g/mol. The minimum Gasteiger partial charge on any atom is -0.350 e. The Labute approximate surface area is 127 Å². The van der Waals surface area contributed by atoms with Gasteiger partial charge < -0.3 is 5.32 Å². The monoisotopic (exact) mass is 304 g/mol. The number of hydrogen-bond acceptors (Lipinski definition) is 4. The standard InChI is InChI=1S/C15H20N4O3/c1-6-8(2)17-13(20)10-7-9(3)16-12-11(10)14(21)19(5)15(22)18(12)4/h7-8H,6H2,1-5H3,(H,17,20)/t8-/m1/s1. The van der Waals surface area contributed by atoms with Crippen molar-refractivity contribution in [2.75, 3.05) is 0 Å². The molecule has 7 nitrogen and oxygen atoms in total. The lowest BCUT2D eigenvalue weighted by atomic mass is 10.1. The van der Waals surface area contributed by atoms with Crippen molar-refractivity contribution >= 4 is 16.9 Å². The molecule has 2 aromatic rings. The Morgan fingerprint density at radius 1 is 1.32 bits per heavy atom. The smallest absolute Gasteiger partial charge is 0.332 e. The Morgan fingerprint density at radius 3 is 2.55 bits per heavy atom. The summed E-state index contributed by atoms with van der Waals surface area (Å²) >= 11 is 0. The molecule has 1 atom stereocenters. The van der Waals surface area contributed by atoms with Gasteiger partial charge in [-0.1, -0.05) is 6.92 Å². The van der Waals surface area contributed by atoms with Crippen molar-refractivity contribution in [3.63, 3.8) is 0 Å². The van der Waals surface area contributed by atoms with E-state index in [4.69, 9.17) is 0 Å². The summed E-state index contributed by atoms with van der Waals surface area (Å²) in [5.41, 5.74) is 0.0650. The number of aryl methyl sites for hydroxylation is 2. The van der Waals surface area contributed by atoms with Gasteiger partial charge in [0, 0.05) is 25.8 Å². The highest BCUT2D eigenvalue weighted by atomic mass is 16.2. The lowest BCUT2D eigenvalue weighted by molar-refractivity contribution is 0.0940. The summed E-state index contributed by atoms with van der Waals surface area (Å²) in [6.45, 7) is 5.58. The number of rotatable bonds is 3. The summed E-state index contributed by atoms with van der Waals surface area (Å²) in [6.07, 6.45) is 0.782. The minimum absolute atomic E-state index is 0.00703. The van der Waals surface area contributed by atoms with Crippen molar-refractivity contribution in [2.45, 2.75) is 33.2 Å². The van der Waals surface area contributed by atoms with Gasteiger partial charge in [0.2, 0.25) is 0 Å². The van der Waals surface area contributed by atoms with Gasteiger partial charge in [-0.3, -0.25) is 18.7 Å². The van der Waals surface area contributed by atoms with Gasteiger partial charge in [-0.25, -0.2) is 9.78 Å². The van der Waals surface area contributed by atoms with E-state index < -0.39 is 11.2 Å². The van der Waals surface area contributed by atoms with Gasteiger partial charge in [0.15, 0.2) is 0 Å². The van der Waals surface area contributed by atoms with Gasteiger partial charge in [-0.2, -0.15) is 0 Å². The van der Waals surface area contributed by atoms with Crippen molar-refractivity contribution in [3.8, 4) is 0 Å². The number of hydrogen-bond donors (Lipinski definition) is 1. The highest BCUT2D eigenvalue weighted by Crippen LogP contribution is 2.13. The van der Waals surface area contributed by atoms with Crippen molar-refractivity contribution in [1.82, 2.24) is 19.4 Å². The van der Waals surface area contributed by atoms with Gasteiger partial charge in [0.05, 0.1) is 10.9 Å². The largest absolute Gasteiger partial charge is 0.350 e. The number of carbonyl (C=O) groups is 1. The first-order chi connectivity index (χ1) is 10.3. The zero-order valence-corrected chi connectivity index (χ0v) is 13.4. The predicted octanol–water partition coefficient (Wildman–Crippen LogP) is 0.469. The van der Waals surface area contributed by atoms with Crippen LogP contribution in [0.4, 0.5) is 0 Å². The van der Waals surface area contributed by atoms with Crippen LogP contribution >= 0.6 is 0 Å². The first-order valence-electron chi connectivity index (χ1n) is 7.16. The third kappa shape index (κ3) is 2.54. The van der Waals surface area contributed by atoms with E-state index in [1.54, 1.807) is 13.0 Å². The van der Waals surface area contributed by atoms with E-state index in [9.17, 15) is 14.4 Å². The summed E-state index contributed by atoms with van der Waals surface area (Å²) < 4.78 is 2.27. The maximum Gasteiger partial charge on any atom is 0.332 e. The number of nitrogens with zero attached hydrogens (tertiary/aromatic N) is 3. The van der Waals surface area contributed by atoms with E-state index in [0.29, 0.717) is 5.69 Å². The van der Waals surface area contributed by atoms with Crippen LogP contribution in [-0.4, -0.2) is 26.1 Å². The third-order valence-electron chi connectivity index (χ3n) is 3.77. The van der Waals surface area contributed by atoms with Crippen LogP contribution in [0.15, 0.2) is 15.7 Å². The van der Waals surface area contributed by atoms with Crippen LogP contribution in [0.5, 0.6) is 0 Å². The SMILES string of the molecule is CC[C@@H](C)NC(=O)c1cc(C)nc2c1c(=O)n(C)c(=O)n2C. The fourth-order valence-electron chi connectivity index (χ4n) is 2.26. The van der Waals surface area contributed by atoms with Gasteiger partial charge in [0.1, 0.15) is 5.65 Å². The first-order valence-corrected chi connectivity index (χ1v) is 7.16. The van der Waals surface area contributed by atoms with Crippen molar-refractivity contribution in [3.05, 3.63) is 38.2 Å². The molecule has 2 heterocycles. The van der Waals surface area contributed by atoms with Crippen LogP contribution in [0.1, 0.15) is 36.3 Å². The maximum atomic E-state index is 12.5. The quantitative estimate of drug-likeness (QED) is 0.893.